The molecule has 0 saturated carbocycles. The SMILES string of the molecule is CC=CCCc1ccccc1C1=C(CCCCC)C=C(c2ccc(CCCC)cc2)[N+]1=[N-].[CH3-].[CH3-].[Ni+2]. The number of nitrogens with zero attached hydrogens (tertiary/aromatic N) is 2. The van der Waals surface area contributed by atoms with Crippen molar-refractivity contribution in [3.63, 3.8) is 0 Å². The van der Waals surface area contributed by atoms with E-state index in [1.807, 2.05) is 0 Å². The van der Waals surface area contributed by atoms with Crippen LogP contribution in [0.25, 0.3) is 16.9 Å². The Labute approximate surface area is 225 Å². The largest absolute Gasteiger partial charge is 2.00 e. The van der Waals surface area contributed by atoms with Gasteiger partial charge >= 0.3 is 16.5 Å². The predicted molar refractivity (Wildman–Crippen MR) is 150 cm³/mol. The molecule has 35 heavy (non-hydrogen) atoms. The van der Waals surface area contributed by atoms with Crippen molar-refractivity contribution in [2.24, 2.45) is 0 Å². The molecule has 2 aromatic carbocycles. The summed E-state index contributed by atoms with van der Waals surface area (Å²) in [5.74, 6) is 0. The Kier molecular flexibility index (Phi) is 16.1. The van der Waals surface area contributed by atoms with Gasteiger partial charge < -0.3 is 20.4 Å². The molecule has 2 aromatic rings. The summed E-state index contributed by atoms with van der Waals surface area (Å²) in [6.07, 6.45) is 16.6. The normalized spacial score (nSPS) is 12.8. The third-order valence-electron chi connectivity index (χ3n) is 6.26. The van der Waals surface area contributed by atoms with Crippen LogP contribution in [0.4, 0.5) is 0 Å². The average Bonchev–Trinajstić information content (AvgIpc) is 3.14. The first kappa shape index (κ1) is 32.8. The van der Waals surface area contributed by atoms with Crippen molar-refractivity contribution in [2.75, 3.05) is 0 Å². The Morgan fingerprint density at radius 3 is 2.17 bits per heavy atom. The van der Waals surface area contributed by atoms with Crippen molar-refractivity contribution in [2.45, 2.75) is 78.6 Å². The van der Waals surface area contributed by atoms with Gasteiger partial charge in [-0.2, -0.15) is 0 Å². The molecule has 0 unspecified atom stereocenters. The van der Waals surface area contributed by atoms with Crippen LogP contribution in [0, 0.1) is 14.9 Å². The van der Waals surface area contributed by atoms with Gasteiger partial charge in [0.25, 0.3) is 0 Å². The topological polar surface area (TPSA) is 25.3 Å². The predicted octanol–water partition coefficient (Wildman–Crippen LogP) is 9.82. The summed E-state index contributed by atoms with van der Waals surface area (Å²) in [6.45, 7) is 6.53. The Balaban J connectivity index is 0.00000385. The number of allylic oxidation sites excluding steroid dienone is 4. The number of rotatable bonds is 12. The molecule has 2 nitrogen and oxygen atoms in total. The molecule has 0 atom stereocenters. The standard InChI is InChI=1S/C30H38N2.2CH3.Ni/c1-4-7-10-15-25-16-12-13-18-28(25)30-27(17-11-8-5-2)23-29(32(30)31)26-21-19-24(20-22-26)14-9-6-3;;;/h4,7,12-13,16,18-23H,5-6,8-11,14-15,17H2,1-3H3;2*1H3;/q;2*-1;+2. The molecule has 0 N–H and O–H groups in total. The molecule has 1 aliphatic rings. The van der Waals surface area contributed by atoms with Crippen LogP contribution in [0.2, 0.25) is 0 Å². The average molecular weight is 515 g/mol. The van der Waals surface area contributed by atoms with Gasteiger partial charge in [-0.15, -0.1) is 0 Å². The van der Waals surface area contributed by atoms with Gasteiger partial charge in [0.1, 0.15) is 0 Å². The van der Waals surface area contributed by atoms with Crippen molar-refractivity contribution in [3.8, 4) is 0 Å². The minimum absolute atomic E-state index is 0. The number of hydrogen-bond acceptors (Lipinski definition) is 0. The van der Waals surface area contributed by atoms with E-state index in [0.717, 1.165) is 54.6 Å². The summed E-state index contributed by atoms with van der Waals surface area (Å²) >= 11 is 0. The zero-order chi connectivity index (χ0) is 22.8. The molecule has 0 aliphatic carbocycles. The zero-order valence-electron chi connectivity index (χ0n) is 22.4. The second-order valence-corrected chi connectivity index (χ2v) is 8.74. The summed E-state index contributed by atoms with van der Waals surface area (Å²) in [7, 11) is 0. The van der Waals surface area contributed by atoms with E-state index < -0.39 is 0 Å². The molecule has 1 heterocycles. The third-order valence-corrected chi connectivity index (χ3v) is 6.26. The van der Waals surface area contributed by atoms with E-state index in [0.29, 0.717) is 0 Å². The molecule has 0 saturated heterocycles. The maximum absolute atomic E-state index is 11.4. The first-order chi connectivity index (χ1) is 15.7. The first-order valence-electron chi connectivity index (χ1n) is 12.4. The summed E-state index contributed by atoms with van der Waals surface area (Å²) in [4.78, 5) is 0. The summed E-state index contributed by atoms with van der Waals surface area (Å²) in [6, 6.07) is 17.3. The Bertz CT molecular complexity index is 996. The molecule has 0 aromatic heterocycles. The van der Waals surface area contributed by atoms with Crippen LogP contribution in [0.3, 0.4) is 0 Å². The molecule has 0 amide bonds. The van der Waals surface area contributed by atoms with Crippen LogP contribution in [0.1, 0.15) is 88.0 Å². The number of aryl methyl sites for hydroxylation is 2. The smallest absolute Gasteiger partial charge is 0.493 e. The fourth-order valence-electron chi connectivity index (χ4n) is 4.40. The van der Waals surface area contributed by atoms with Gasteiger partial charge in [-0.3, -0.25) is 0 Å². The van der Waals surface area contributed by atoms with Gasteiger partial charge in [-0.05, 0) is 74.8 Å². The van der Waals surface area contributed by atoms with Crippen LogP contribution < -0.4 is 0 Å². The molecule has 1 aliphatic heterocycles. The summed E-state index contributed by atoms with van der Waals surface area (Å²) in [5.41, 5.74) is 19.3. The third kappa shape index (κ3) is 8.73. The van der Waals surface area contributed by atoms with Crippen LogP contribution in [-0.4, -0.2) is 4.70 Å². The maximum Gasteiger partial charge on any atom is 2.00 e. The van der Waals surface area contributed by atoms with Crippen LogP contribution >= 0.6 is 0 Å². The van der Waals surface area contributed by atoms with Crippen LogP contribution in [0.15, 0.2) is 72.3 Å². The molecule has 3 heteroatoms. The Hall–Kier alpha value is -2.25. The van der Waals surface area contributed by atoms with E-state index in [1.165, 1.54) is 47.1 Å². The molecule has 0 spiro atoms. The fraction of sp³-hybridized carbons (Fsp3) is 0.375. The van der Waals surface area contributed by atoms with Gasteiger partial charge in [0.05, 0.1) is 0 Å². The number of benzene rings is 2. The van der Waals surface area contributed by atoms with Crippen molar-refractivity contribution < 1.29 is 21.2 Å². The summed E-state index contributed by atoms with van der Waals surface area (Å²) in [5, 5.41) is 0. The maximum atomic E-state index is 11.4. The van der Waals surface area contributed by atoms with E-state index in [1.54, 1.807) is 0 Å². The van der Waals surface area contributed by atoms with Gasteiger partial charge in [-0.1, -0.05) is 75.6 Å². The van der Waals surface area contributed by atoms with Crippen LogP contribution in [0.5, 0.6) is 0 Å². The zero-order valence-corrected chi connectivity index (χ0v) is 23.4. The molecule has 3 rings (SSSR count). The molecular formula is C32H44N2Ni. The molecule has 0 fully saturated rings. The number of unbranched alkanes of at least 4 members (excludes halogenated alkanes) is 3. The van der Waals surface area contributed by atoms with Gasteiger partial charge in [-0.25, -0.2) is 4.70 Å². The second kappa shape index (κ2) is 17.2. The van der Waals surface area contributed by atoms with Crippen molar-refractivity contribution in [3.05, 3.63) is 115 Å². The van der Waals surface area contributed by atoms with E-state index in [9.17, 15) is 5.53 Å². The van der Waals surface area contributed by atoms with Crippen molar-refractivity contribution in [1.82, 2.24) is 0 Å². The second-order valence-electron chi connectivity index (χ2n) is 8.74. The monoisotopic (exact) mass is 514 g/mol. The Morgan fingerprint density at radius 1 is 0.829 bits per heavy atom. The van der Waals surface area contributed by atoms with E-state index in [2.05, 4.69) is 87.5 Å². The van der Waals surface area contributed by atoms with E-state index in [4.69, 9.17) is 0 Å². The van der Waals surface area contributed by atoms with Gasteiger partial charge in [0.15, 0.2) is 0 Å². The van der Waals surface area contributed by atoms with Crippen molar-refractivity contribution in [1.29, 1.82) is 0 Å². The number of hydrogen-bond donors (Lipinski definition) is 0. The Morgan fingerprint density at radius 2 is 1.51 bits per heavy atom. The van der Waals surface area contributed by atoms with E-state index >= 15 is 0 Å². The molecule has 0 radical (unpaired) electrons. The first-order valence-corrected chi connectivity index (χ1v) is 12.4. The molecular weight excluding hydrogens is 471 g/mol. The molecule has 0 bridgehead atoms. The van der Waals surface area contributed by atoms with Crippen molar-refractivity contribution >= 4 is 11.4 Å². The fourth-order valence-corrected chi connectivity index (χ4v) is 4.40. The summed E-state index contributed by atoms with van der Waals surface area (Å²) < 4.78 is 1.44. The van der Waals surface area contributed by atoms with Gasteiger partial charge in [0.2, 0.25) is 11.4 Å². The minimum atomic E-state index is 0. The van der Waals surface area contributed by atoms with Crippen LogP contribution in [-0.2, 0) is 29.3 Å². The quantitative estimate of drug-likeness (QED) is 0.0884. The van der Waals surface area contributed by atoms with Gasteiger partial charge in [0, 0.05) is 22.8 Å². The van der Waals surface area contributed by atoms with E-state index in [-0.39, 0.29) is 31.3 Å². The molecule has 192 valence electrons. The minimum Gasteiger partial charge on any atom is -0.493 e.